The fourth-order valence-electron chi connectivity index (χ4n) is 3.00. The van der Waals surface area contributed by atoms with Gasteiger partial charge in [-0.2, -0.15) is 10.2 Å². The van der Waals surface area contributed by atoms with E-state index in [-0.39, 0.29) is 11.6 Å². The molecule has 2 aromatic heterocycles. The largest absolute Gasteiger partial charge is 0.356 e. The predicted octanol–water partition coefficient (Wildman–Crippen LogP) is 3.29. The average molecular weight is 355 g/mol. The van der Waals surface area contributed by atoms with Crippen LogP contribution in [0.3, 0.4) is 0 Å². The van der Waals surface area contributed by atoms with Crippen molar-refractivity contribution in [3.05, 3.63) is 23.0 Å². The van der Waals surface area contributed by atoms with Crippen LogP contribution in [-0.2, 0) is 11.2 Å². The molecule has 25 heavy (non-hydrogen) atoms. The van der Waals surface area contributed by atoms with Gasteiger partial charge in [0.2, 0.25) is 5.91 Å². The second kappa shape index (κ2) is 6.60. The topological polar surface area (TPSA) is 71.1 Å². The minimum absolute atomic E-state index is 0.0645. The Morgan fingerprint density at radius 2 is 2.28 bits per heavy atom. The van der Waals surface area contributed by atoms with Gasteiger partial charge in [-0.1, -0.05) is 0 Å². The van der Waals surface area contributed by atoms with Crippen molar-refractivity contribution in [2.75, 3.05) is 6.54 Å². The number of aryl methyl sites for hydroxylation is 1. The van der Waals surface area contributed by atoms with Crippen LogP contribution in [0.15, 0.2) is 21.8 Å². The molecule has 7 heteroatoms. The lowest BCUT2D eigenvalue weighted by molar-refractivity contribution is -0.121. The van der Waals surface area contributed by atoms with Crippen LogP contribution >= 0.6 is 11.3 Å². The summed E-state index contributed by atoms with van der Waals surface area (Å²) in [7, 11) is 0. The van der Waals surface area contributed by atoms with Crippen molar-refractivity contribution in [1.82, 2.24) is 14.7 Å². The highest BCUT2D eigenvalue weighted by Gasteiger charge is 2.38. The molecule has 1 N–H and O–H groups in total. The normalized spacial score (nSPS) is 17.6. The van der Waals surface area contributed by atoms with Crippen LogP contribution in [0.2, 0.25) is 0 Å². The molecule has 0 bridgehead atoms. The van der Waals surface area contributed by atoms with Crippen molar-refractivity contribution in [2.45, 2.75) is 56.5 Å². The Balaban J connectivity index is 1.23. The molecule has 1 fully saturated rings. The number of hydrogen-bond acceptors (Lipinski definition) is 5. The summed E-state index contributed by atoms with van der Waals surface area (Å²) in [4.78, 5) is 17.8. The summed E-state index contributed by atoms with van der Waals surface area (Å²) in [5, 5.41) is 13.2. The number of fused-ring (bicyclic) bond motifs is 1. The average Bonchev–Trinajstić information content (AvgIpc) is 3.51. The third-order valence-electron chi connectivity index (χ3n) is 4.81. The van der Waals surface area contributed by atoms with Crippen molar-refractivity contribution >= 4 is 22.2 Å². The number of carbonyl (C=O) groups excluding carboxylic acids is 1. The minimum Gasteiger partial charge on any atom is -0.356 e. The molecule has 0 spiro atoms. The molecule has 1 saturated carbocycles. The summed E-state index contributed by atoms with van der Waals surface area (Å²) in [6.07, 6.45) is 13.3. The zero-order valence-electron chi connectivity index (χ0n) is 14.1. The standard InChI is InChI=1S/C18H21N5OS/c1-2-3-8-18(21-22-18)9-10-19-16(24)7-6-14-12-25-17-20-15(11-23(14)17)13-4-5-13/h1,11-13H,3-10H2,(H,19,24). The Bertz CT molecular complexity index is 849. The fraction of sp³-hybridized carbons (Fsp3) is 0.556. The molecule has 1 aliphatic heterocycles. The van der Waals surface area contributed by atoms with Gasteiger partial charge in [0.25, 0.3) is 0 Å². The van der Waals surface area contributed by atoms with E-state index in [2.05, 4.69) is 42.4 Å². The molecule has 2 aromatic rings. The Morgan fingerprint density at radius 1 is 1.44 bits per heavy atom. The molecule has 1 amide bonds. The van der Waals surface area contributed by atoms with Crippen molar-refractivity contribution in [1.29, 1.82) is 0 Å². The van der Waals surface area contributed by atoms with Crippen LogP contribution in [0.4, 0.5) is 0 Å². The van der Waals surface area contributed by atoms with E-state index >= 15 is 0 Å². The zero-order chi connectivity index (χ0) is 17.3. The zero-order valence-corrected chi connectivity index (χ0v) is 14.9. The summed E-state index contributed by atoms with van der Waals surface area (Å²) in [5.41, 5.74) is 2.04. The maximum Gasteiger partial charge on any atom is 0.220 e. The maximum absolute atomic E-state index is 12.1. The molecule has 3 heterocycles. The maximum atomic E-state index is 12.1. The number of amides is 1. The lowest BCUT2D eigenvalue weighted by Crippen LogP contribution is -2.28. The monoisotopic (exact) mass is 355 g/mol. The highest BCUT2D eigenvalue weighted by atomic mass is 32.1. The lowest BCUT2D eigenvalue weighted by Gasteiger charge is -2.09. The van der Waals surface area contributed by atoms with E-state index in [1.807, 2.05) is 0 Å². The summed E-state index contributed by atoms with van der Waals surface area (Å²) in [6.45, 7) is 0.590. The third kappa shape index (κ3) is 3.74. The molecule has 6 nitrogen and oxygen atoms in total. The molecule has 130 valence electrons. The van der Waals surface area contributed by atoms with Crippen LogP contribution in [-0.4, -0.2) is 27.5 Å². The van der Waals surface area contributed by atoms with Crippen LogP contribution in [0, 0.1) is 12.3 Å². The molecule has 0 aromatic carbocycles. The van der Waals surface area contributed by atoms with E-state index in [9.17, 15) is 4.79 Å². The number of nitrogens with one attached hydrogen (secondary N) is 1. The number of carbonyl (C=O) groups is 1. The minimum atomic E-state index is -0.324. The molecular weight excluding hydrogens is 334 g/mol. The quantitative estimate of drug-likeness (QED) is 0.701. The summed E-state index contributed by atoms with van der Waals surface area (Å²) in [5.74, 6) is 3.33. The molecule has 0 atom stereocenters. The van der Waals surface area contributed by atoms with Gasteiger partial charge >= 0.3 is 0 Å². The smallest absolute Gasteiger partial charge is 0.220 e. The van der Waals surface area contributed by atoms with Gasteiger partial charge in [-0.25, -0.2) is 4.98 Å². The van der Waals surface area contributed by atoms with Gasteiger partial charge in [0.15, 0.2) is 10.6 Å². The van der Waals surface area contributed by atoms with E-state index in [0.29, 0.717) is 25.3 Å². The molecule has 0 radical (unpaired) electrons. The second-order valence-electron chi connectivity index (χ2n) is 6.81. The number of rotatable bonds is 9. The first kappa shape index (κ1) is 16.3. The van der Waals surface area contributed by atoms with Crippen molar-refractivity contribution in [3.8, 4) is 12.3 Å². The van der Waals surface area contributed by atoms with Crippen molar-refractivity contribution in [2.24, 2.45) is 10.2 Å². The van der Waals surface area contributed by atoms with Crippen LogP contribution < -0.4 is 5.32 Å². The van der Waals surface area contributed by atoms with E-state index in [1.54, 1.807) is 11.3 Å². The first-order valence-electron chi connectivity index (χ1n) is 8.79. The summed E-state index contributed by atoms with van der Waals surface area (Å²) >= 11 is 1.65. The second-order valence-corrected chi connectivity index (χ2v) is 7.64. The molecule has 1 aliphatic carbocycles. The third-order valence-corrected chi connectivity index (χ3v) is 5.69. The van der Waals surface area contributed by atoms with Gasteiger partial charge in [0, 0.05) is 55.4 Å². The molecule has 4 rings (SSSR count). The van der Waals surface area contributed by atoms with Gasteiger partial charge in [-0.15, -0.1) is 23.7 Å². The summed E-state index contributed by atoms with van der Waals surface area (Å²) in [6, 6.07) is 0. The Kier molecular flexibility index (Phi) is 4.30. The Hall–Kier alpha value is -2.20. The molecule has 0 saturated heterocycles. The highest BCUT2D eigenvalue weighted by Crippen LogP contribution is 2.40. The fourth-order valence-corrected chi connectivity index (χ4v) is 3.92. The molecular formula is C18H21N5OS. The number of terminal acetylenes is 1. The number of thiazole rings is 1. The summed E-state index contributed by atoms with van der Waals surface area (Å²) < 4.78 is 2.14. The Labute approximate surface area is 150 Å². The molecule has 2 aliphatic rings. The van der Waals surface area contributed by atoms with Crippen LogP contribution in [0.5, 0.6) is 0 Å². The highest BCUT2D eigenvalue weighted by molar-refractivity contribution is 7.15. The van der Waals surface area contributed by atoms with E-state index in [0.717, 1.165) is 29.9 Å². The van der Waals surface area contributed by atoms with Gasteiger partial charge < -0.3 is 5.32 Å². The van der Waals surface area contributed by atoms with E-state index < -0.39 is 0 Å². The number of imidazole rings is 1. The van der Waals surface area contributed by atoms with Crippen LogP contribution in [0.1, 0.15) is 55.8 Å². The van der Waals surface area contributed by atoms with Gasteiger partial charge in [0.1, 0.15) is 0 Å². The van der Waals surface area contributed by atoms with Gasteiger partial charge in [-0.3, -0.25) is 9.20 Å². The first-order valence-corrected chi connectivity index (χ1v) is 9.67. The van der Waals surface area contributed by atoms with Gasteiger partial charge in [-0.05, 0) is 19.3 Å². The Morgan fingerprint density at radius 3 is 3.00 bits per heavy atom. The molecule has 0 unspecified atom stereocenters. The van der Waals surface area contributed by atoms with Crippen molar-refractivity contribution < 1.29 is 4.79 Å². The van der Waals surface area contributed by atoms with Crippen LogP contribution in [0.25, 0.3) is 4.96 Å². The first-order chi connectivity index (χ1) is 12.2. The van der Waals surface area contributed by atoms with Crippen molar-refractivity contribution in [3.63, 3.8) is 0 Å². The lowest BCUT2D eigenvalue weighted by atomic mass is 10.0. The number of aromatic nitrogens is 2. The predicted molar refractivity (Wildman–Crippen MR) is 96.6 cm³/mol. The van der Waals surface area contributed by atoms with E-state index in [1.165, 1.54) is 18.5 Å². The SMILES string of the molecule is C#CCCC1(CCNC(=O)CCc2csc3nc(C4CC4)cn23)N=N1. The van der Waals surface area contributed by atoms with E-state index in [4.69, 9.17) is 6.42 Å². The number of nitrogens with zero attached hydrogens (tertiary/aromatic N) is 4. The number of hydrogen-bond donors (Lipinski definition) is 1. The van der Waals surface area contributed by atoms with Gasteiger partial charge in [0.05, 0.1) is 5.69 Å².